The zero-order chi connectivity index (χ0) is 41.1. The Kier molecular flexibility index (Phi) is 11.7. The highest BCUT2D eigenvalue weighted by Crippen LogP contribution is 2.39. The number of nitrogens with one attached hydrogen (secondary N) is 2. The molecule has 2 fully saturated rings. The summed E-state index contributed by atoms with van der Waals surface area (Å²) < 4.78 is 59.7. The monoisotopic (exact) mass is 820 g/mol. The third kappa shape index (κ3) is 9.12. The van der Waals surface area contributed by atoms with Crippen molar-refractivity contribution < 1.29 is 26.7 Å². The van der Waals surface area contributed by atoms with E-state index in [1.807, 2.05) is 40.9 Å². The first-order valence-electron chi connectivity index (χ1n) is 19.8. The minimum absolute atomic E-state index is 0.195. The third-order valence-corrected chi connectivity index (χ3v) is 12.3. The van der Waals surface area contributed by atoms with E-state index in [-0.39, 0.29) is 11.3 Å². The zero-order valence-corrected chi connectivity index (χ0v) is 33.8. The second-order valence-electron chi connectivity index (χ2n) is 15.2. The van der Waals surface area contributed by atoms with Gasteiger partial charge in [0.15, 0.2) is 0 Å². The van der Waals surface area contributed by atoms with Crippen molar-refractivity contribution in [1.29, 1.82) is 0 Å². The van der Waals surface area contributed by atoms with Crippen molar-refractivity contribution in [3.8, 4) is 28.4 Å². The smallest absolute Gasteiger partial charge is 0.255 e. The Morgan fingerprint density at radius 3 is 2.39 bits per heavy atom. The molecule has 15 heteroatoms. The number of carbonyl (C=O) groups excluding carboxylic acids is 1. The molecular formula is C44H46F2N8O4S. The Morgan fingerprint density at radius 2 is 1.64 bits per heavy atom. The van der Waals surface area contributed by atoms with Gasteiger partial charge in [0.2, 0.25) is 5.95 Å². The van der Waals surface area contributed by atoms with Crippen molar-refractivity contribution in [3.05, 3.63) is 120 Å². The number of carbonyl (C=O) groups is 1. The molecule has 3 aromatic carbocycles. The van der Waals surface area contributed by atoms with Crippen LogP contribution in [0.4, 0.5) is 26.1 Å². The van der Waals surface area contributed by atoms with Crippen LogP contribution in [0.5, 0.6) is 5.75 Å². The fourth-order valence-electron chi connectivity index (χ4n) is 8.21. The minimum Gasteiger partial charge on any atom is -0.495 e. The number of nitrogens with zero attached hydrogens (tertiary/aromatic N) is 6. The predicted octanol–water partition coefficient (Wildman–Crippen LogP) is 7.43. The van der Waals surface area contributed by atoms with Crippen molar-refractivity contribution in [1.82, 2.24) is 29.2 Å². The highest BCUT2D eigenvalue weighted by atomic mass is 32.2. The number of aromatic nitrogens is 4. The van der Waals surface area contributed by atoms with Crippen molar-refractivity contribution in [2.24, 2.45) is 0 Å². The Hall–Kier alpha value is -5.77. The lowest BCUT2D eigenvalue weighted by Gasteiger charge is -2.42. The first kappa shape index (κ1) is 40.0. The Balaban J connectivity index is 0.972. The number of pyridine rings is 1. The van der Waals surface area contributed by atoms with Gasteiger partial charge in [0.1, 0.15) is 38.6 Å². The van der Waals surface area contributed by atoms with Gasteiger partial charge < -0.3 is 15.4 Å². The number of ether oxygens (including phenoxy) is 1. The number of hydrogen-bond acceptors (Lipinski definition) is 10. The van der Waals surface area contributed by atoms with E-state index in [0.29, 0.717) is 58.5 Å². The van der Waals surface area contributed by atoms with Crippen molar-refractivity contribution in [3.63, 3.8) is 0 Å². The molecule has 0 bridgehead atoms. The summed E-state index contributed by atoms with van der Waals surface area (Å²) in [6, 6.07) is 24.4. The van der Waals surface area contributed by atoms with Crippen molar-refractivity contribution in [2.75, 3.05) is 62.5 Å². The Labute approximate surface area is 342 Å². The molecule has 1 aliphatic carbocycles. The number of anilines is 3. The average Bonchev–Trinajstić information content (AvgIpc) is 3.64. The third-order valence-electron chi connectivity index (χ3n) is 11.4. The summed E-state index contributed by atoms with van der Waals surface area (Å²) in [5.74, 6) is -0.738. The standard InChI is InChI=1S/C44H46F2N8O4S/c1-58-38-28-30(29-12-15-33(16-13-29)53-23-21-52(22-24-53)25-26-59(2,56)57)14-17-36(38)48-44-47-19-18-37(49-44)42-40(50-39-11-3-4-20-54(39)42)31-7-5-8-32(27-31)43(55)51-41-34(45)9-6-10-35(41)46/h3-11,14,17-20,27-29,33H,12-13,15-16,21-26H2,1-2H3,(H,51,55)(H,47,48,49). The van der Waals surface area contributed by atoms with Crippen molar-refractivity contribution >= 4 is 38.7 Å². The van der Waals surface area contributed by atoms with E-state index in [9.17, 15) is 22.0 Å². The average molecular weight is 821 g/mol. The van der Waals surface area contributed by atoms with E-state index in [1.54, 1.807) is 37.6 Å². The number of sulfone groups is 1. The van der Waals surface area contributed by atoms with Crippen LogP contribution in [0.25, 0.3) is 28.3 Å². The molecule has 1 saturated carbocycles. The predicted molar refractivity (Wildman–Crippen MR) is 225 cm³/mol. The number of hydrogen-bond donors (Lipinski definition) is 2. The van der Waals surface area contributed by atoms with Crippen LogP contribution in [0.2, 0.25) is 0 Å². The molecule has 6 aromatic rings. The number of amides is 1. The lowest BCUT2D eigenvalue weighted by atomic mass is 9.81. The van der Waals surface area contributed by atoms with Gasteiger partial charge in [-0.25, -0.2) is 32.2 Å². The van der Waals surface area contributed by atoms with Gasteiger partial charge in [0, 0.05) is 68.5 Å². The fraction of sp³-hybridized carbons (Fsp3) is 0.318. The van der Waals surface area contributed by atoms with Gasteiger partial charge in [-0.05, 0) is 91.8 Å². The van der Waals surface area contributed by atoms with Crippen LogP contribution >= 0.6 is 0 Å². The van der Waals surface area contributed by atoms with E-state index in [2.05, 4.69) is 37.6 Å². The van der Waals surface area contributed by atoms with Gasteiger partial charge >= 0.3 is 0 Å². The molecule has 0 atom stereocenters. The van der Waals surface area contributed by atoms with Gasteiger partial charge in [-0.15, -0.1) is 0 Å². The first-order chi connectivity index (χ1) is 28.5. The molecule has 8 rings (SSSR count). The molecule has 4 heterocycles. The molecule has 0 spiro atoms. The second kappa shape index (κ2) is 17.2. The molecule has 12 nitrogen and oxygen atoms in total. The van der Waals surface area contributed by atoms with Crippen LogP contribution in [0.3, 0.4) is 0 Å². The summed E-state index contributed by atoms with van der Waals surface area (Å²) in [6.07, 6.45) is 9.25. The summed E-state index contributed by atoms with van der Waals surface area (Å²) in [7, 11) is -1.30. The fourth-order valence-corrected chi connectivity index (χ4v) is 8.80. The van der Waals surface area contributed by atoms with Crippen LogP contribution in [0, 0.1) is 11.6 Å². The molecule has 1 amide bonds. The van der Waals surface area contributed by atoms with Gasteiger partial charge in [0.05, 0.1) is 35.6 Å². The highest BCUT2D eigenvalue weighted by Gasteiger charge is 2.30. The molecule has 0 radical (unpaired) electrons. The molecular weight excluding hydrogens is 775 g/mol. The largest absolute Gasteiger partial charge is 0.495 e. The molecule has 0 unspecified atom stereocenters. The number of benzene rings is 3. The second-order valence-corrected chi connectivity index (χ2v) is 17.5. The highest BCUT2D eigenvalue weighted by molar-refractivity contribution is 7.90. The van der Waals surface area contributed by atoms with E-state index in [4.69, 9.17) is 14.7 Å². The lowest BCUT2D eigenvalue weighted by molar-refractivity contribution is 0.0790. The summed E-state index contributed by atoms with van der Waals surface area (Å²) in [4.78, 5) is 32.4. The van der Waals surface area contributed by atoms with E-state index >= 15 is 0 Å². The molecule has 2 N–H and O–H groups in total. The van der Waals surface area contributed by atoms with Gasteiger partial charge in [-0.3, -0.25) is 19.0 Å². The molecule has 2 aliphatic rings. The SMILES string of the molecule is COc1cc(C2CCC(N3CCN(CCS(C)(=O)=O)CC3)CC2)ccc1Nc1nccc(-c2c(-c3cccc(C(=O)Nc4c(F)cccc4F)c3)nc3ccccn23)n1. The summed E-state index contributed by atoms with van der Waals surface area (Å²) in [5.41, 5.74) is 4.68. The van der Waals surface area contributed by atoms with Crippen LogP contribution in [-0.4, -0.2) is 101 Å². The maximum atomic E-state index is 14.3. The Morgan fingerprint density at radius 1 is 0.881 bits per heavy atom. The van der Waals surface area contributed by atoms with Gasteiger partial charge in [-0.2, -0.15) is 0 Å². The van der Waals surface area contributed by atoms with E-state index in [0.717, 1.165) is 69.7 Å². The quantitative estimate of drug-likeness (QED) is 0.128. The number of rotatable bonds is 12. The number of piperazine rings is 1. The topological polar surface area (TPSA) is 134 Å². The molecule has 3 aromatic heterocycles. The van der Waals surface area contributed by atoms with E-state index in [1.165, 1.54) is 17.9 Å². The van der Waals surface area contributed by atoms with Gasteiger partial charge in [0.25, 0.3) is 5.91 Å². The van der Waals surface area contributed by atoms with Crippen LogP contribution in [0.15, 0.2) is 97.3 Å². The number of halogens is 2. The summed E-state index contributed by atoms with van der Waals surface area (Å²) in [5, 5.41) is 5.72. The molecule has 59 heavy (non-hydrogen) atoms. The normalized spacial score (nSPS) is 17.8. The van der Waals surface area contributed by atoms with Gasteiger partial charge in [-0.1, -0.05) is 30.3 Å². The number of fused-ring (bicyclic) bond motifs is 1. The lowest BCUT2D eigenvalue weighted by Crippen LogP contribution is -2.51. The number of methoxy groups -OCH3 is 1. The molecule has 306 valence electrons. The minimum atomic E-state index is -2.95. The molecule has 1 saturated heterocycles. The van der Waals surface area contributed by atoms with Crippen LogP contribution < -0.4 is 15.4 Å². The zero-order valence-electron chi connectivity index (χ0n) is 32.9. The van der Waals surface area contributed by atoms with Crippen LogP contribution in [-0.2, 0) is 9.84 Å². The summed E-state index contributed by atoms with van der Waals surface area (Å²) >= 11 is 0. The molecule has 1 aliphatic heterocycles. The van der Waals surface area contributed by atoms with Crippen molar-refractivity contribution in [2.45, 2.75) is 37.6 Å². The number of para-hydroxylation sites is 1. The first-order valence-corrected chi connectivity index (χ1v) is 21.8. The Bertz CT molecular complexity index is 2570. The van der Waals surface area contributed by atoms with E-state index < -0.39 is 33.1 Å². The van der Waals surface area contributed by atoms with Crippen LogP contribution in [0.1, 0.15) is 47.5 Å². The summed E-state index contributed by atoms with van der Waals surface area (Å²) in [6.45, 7) is 4.37. The number of imidazole rings is 1. The maximum Gasteiger partial charge on any atom is 0.255 e. The maximum absolute atomic E-state index is 14.3.